The molecule has 17 heteroatoms. The van der Waals surface area contributed by atoms with Gasteiger partial charge in [0.2, 0.25) is 0 Å². The molecule has 0 bridgehead atoms. The Balaban J connectivity index is 0.000000184. The lowest BCUT2D eigenvalue weighted by Gasteiger charge is -2.37. The SMILES string of the molecule is CC(C)c1c(C(=O)Nc2ccccc2)c(-c2ccccc2)c(-c2ccc(F)cc2)n1CC[C@@H](O)CC(=O)O.CC(C)c1c(C(=O)Nc2ccccc2)c(-c2ccccc2)c(-c2ccc(F)cc2)n1CC[C@@H](O)CC(=O)O[C@@H](c1ccccc1)C(O)(c1ccccc1)c1ccccc1.O[C@H](c1ccccc1)C(O)(c1ccccc1)c1ccccc1. The van der Waals surface area contributed by atoms with Crippen molar-refractivity contribution < 1.29 is 63.3 Å². The second kappa shape index (κ2) is 40.1. The summed E-state index contributed by atoms with van der Waals surface area (Å²) in [6.07, 6.45) is -4.89. The van der Waals surface area contributed by atoms with Crippen LogP contribution in [0.5, 0.6) is 0 Å². The molecule has 119 heavy (non-hydrogen) atoms. The maximum absolute atomic E-state index is 14.5. The summed E-state index contributed by atoms with van der Waals surface area (Å²) in [6, 6.07) is 105. The first kappa shape index (κ1) is 85.1. The molecule has 2 aromatic heterocycles. The number of hydrogen-bond acceptors (Lipinski definition) is 10. The molecule has 0 saturated heterocycles. The van der Waals surface area contributed by atoms with Gasteiger partial charge in [-0.15, -0.1) is 0 Å². The van der Waals surface area contributed by atoms with Crippen LogP contribution >= 0.6 is 0 Å². The number of aliphatic hydroxyl groups excluding tert-OH is 3. The lowest BCUT2D eigenvalue weighted by atomic mass is 9.79. The Labute approximate surface area is 692 Å². The van der Waals surface area contributed by atoms with Gasteiger partial charge < -0.3 is 55.1 Å². The van der Waals surface area contributed by atoms with Crippen LogP contribution in [0, 0.1) is 11.6 Å². The first-order valence-corrected chi connectivity index (χ1v) is 39.7. The van der Waals surface area contributed by atoms with E-state index in [1.807, 2.05) is 304 Å². The van der Waals surface area contributed by atoms with E-state index in [1.54, 1.807) is 60.7 Å². The number of halogens is 2. The molecule has 4 atom stereocenters. The number of ether oxygens (including phenoxy) is 1. The Morgan fingerprint density at radius 1 is 0.370 bits per heavy atom. The Morgan fingerprint density at radius 2 is 0.664 bits per heavy atom. The van der Waals surface area contributed by atoms with Gasteiger partial charge in [-0.3, -0.25) is 19.2 Å². The van der Waals surface area contributed by atoms with E-state index in [9.17, 15) is 53.5 Å². The van der Waals surface area contributed by atoms with Crippen molar-refractivity contribution in [3.05, 3.63) is 419 Å². The number of nitrogens with zero attached hydrogens (tertiary/aromatic N) is 2. The molecule has 0 aliphatic heterocycles. The number of aromatic nitrogens is 2. The highest BCUT2D eigenvalue weighted by atomic mass is 19.1. The number of para-hydroxylation sites is 2. The molecule has 2 amide bonds. The van der Waals surface area contributed by atoms with Gasteiger partial charge >= 0.3 is 11.9 Å². The fraction of sp³-hybridized carbons (Fsp3) is 0.176. The fourth-order valence-corrected chi connectivity index (χ4v) is 15.4. The largest absolute Gasteiger partial charge is 0.481 e. The van der Waals surface area contributed by atoms with E-state index < -0.39 is 53.4 Å². The molecule has 0 fully saturated rings. The zero-order valence-corrected chi connectivity index (χ0v) is 66.6. The predicted molar refractivity (Wildman–Crippen MR) is 464 cm³/mol. The molecule has 0 radical (unpaired) electrons. The maximum atomic E-state index is 14.5. The summed E-state index contributed by atoms with van der Waals surface area (Å²) in [6.45, 7) is 8.48. The number of carbonyl (C=O) groups excluding carboxylic acids is 3. The van der Waals surface area contributed by atoms with E-state index in [1.165, 1.54) is 24.3 Å². The molecular weight excluding hydrogens is 1500 g/mol. The molecule has 0 aliphatic rings. The summed E-state index contributed by atoms with van der Waals surface area (Å²) < 4.78 is 38.5. The van der Waals surface area contributed by atoms with Crippen molar-refractivity contribution in [1.29, 1.82) is 0 Å². The van der Waals surface area contributed by atoms with Gasteiger partial charge in [-0.05, 0) is 153 Å². The molecular formula is C102H96F2N4O11. The van der Waals surface area contributed by atoms with Crippen molar-refractivity contribution in [3.8, 4) is 44.8 Å². The number of anilines is 2. The van der Waals surface area contributed by atoms with E-state index in [0.717, 1.165) is 22.5 Å². The average Bonchev–Trinajstić information content (AvgIpc) is 1.68. The monoisotopic (exact) mass is 1590 g/mol. The van der Waals surface area contributed by atoms with E-state index in [4.69, 9.17) is 9.84 Å². The number of carboxylic acid groups (broad SMARTS) is 1. The minimum atomic E-state index is -1.77. The first-order valence-electron chi connectivity index (χ1n) is 39.7. The van der Waals surface area contributed by atoms with Crippen LogP contribution in [0.15, 0.2) is 352 Å². The van der Waals surface area contributed by atoms with Crippen LogP contribution in [0.1, 0.15) is 143 Å². The molecule has 0 unspecified atom stereocenters. The van der Waals surface area contributed by atoms with Gasteiger partial charge in [-0.2, -0.15) is 0 Å². The number of carboxylic acids is 1. The molecule has 0 saturated carbocycles. The third-order valence-electron chi connectivity index (χ3n) is 20.9. The standard InChI is InChI=1S/C51H47FN2O5.C31H31FN2O4.C20H18O2/c1-35(2)47-46(50(57)53-42-26-16-7-17-27-42)45(36-18-8-3-9-19-36)48(37-28-30-41(52)31-29-37)54(47)33-32-43(55)34-44(56)59-49(38-20-10-4-11-21-38)51(58,39-22-12-5-13-23-39)40-24-14-6-15-25-40;1-20(2)29-28(31(38)33-24-11-7-4-8-12-24)27(21-9-5-3-6-10-21)30(22-13-15-23(32)16-14-22)34(29)18-17-25(35)19-26(36)37;21-19(16-10-4-1-5-11-16)20(22,17-12-6-2-7-13-17)18-14-8-3-9-15-18/h3-31,35,43,49,55,58H,32-34H2,1-2H3,(H,53,57);3-16,20,25,35H,17-19H2,1-2H3,(H,33,38)(H,36,37);1-15,19,21-22H/t43-,49+;25-;19-/m111/s1. The Morgan fingerprint density at radius 3 is 0.992 bits per heavy atom. The number of carbonyl (C=O) groups is 4. The number of nitrogens with one attached hydrogen (secondary N) is 2. The summed E-state index contributed by atoms with van der Waals surface area (Å²) in [5, 5.41) is 72.3. The minimum Gasteiger partial charge on any atom is -0.481 e. The van der Waals surface area contributed by atoms with Gasteiger partial charge in [-0.25, -0.2) is 8.78 Å². The number of esters is 1. The third kappa shape index (κ3) is 20.4. The fourth-order valence-electron chi connectivity index (χ4n) is 15.4. The van der Waals surface area contributed by atoms with Crippen molar-refractivity contribution >= 4 is 35.1 Å². The normalized spacial score (nSPS) is 12.4. The van der Waals surface area contributed by atoms with Gasteiger partial charge in [0.1, 0.15) is 23.3 Å². The lowest BCUT2D eigenvalue weighted by molar-refractivity contribution is -0.165. The van der Waals surface area contributed by atoms with Crippen molar-refractivity contribution in [2.45, 2.75) is 114 Å². The number of hydrogen-bond donors (Lipinski definition) is 8. The molecule has 2 heterocycles. The zero-order chi connectivity index (χ0) is 84.0. The Bertz CT molecular complexity index is 5520. The van der Waals surface area contributed by atoms with Gasteiger partial charge in [0.05, 0.1) is 47.6 Å². The Hall–Kier alpha value is -13.3. The number of rotatable bonds is 29. The van der Waals surface area contributed by atoms with Crippen LogP contribution in [0.2, 0.25) is 0 Å². The number of aliphatic hydroxyl groups is 5. The van der Waals surface area contributed by atoms with Gasteiger partial charge in [0.15, 0.2) is 11.7 Å². The van der Waals surface area contributed by atoms with Crippen LogP contribution in [-0.2, 0) is 38.6 Å². The van der Waals surface area contributed by atoms with Crippen LogP contribution in [0.25, 0.3) is 44.8 Å². The van der Waals surface area contributed by atoms with Crippen LogP contribution in [0.3, 0.4) is 0 Å². The molecule has 0 spiro atoms. The van der Waals surface area contributed by atoms with Gasteiger partial charge in [0.25, 0.3) is 11.8 Å². The molecule has 8 N–H and O–H groups in total. The quantitative estimate of drug-likeness (QED) is 0.0205. The van der Waals surface area contributed by atoms with Crippen LogP contribution < -0.4 is 10.6 Å². The summed E-state index contributed by atoms with van der Waals surface area (Å²) in [7, 11) is 0. The summed E-state index contributed by atoms with van der Waals surface area (Å²) in [5.41, 5.74) is 9.90. The predicted octanol–water partition coefficient (Wildman–Crippen LogP) is 20.9. The third-order valence-corrected chi connectivity index (χ3v) is 20.9. The highest BCUT2D eigenvalue weighted by Gasteiger charge is 2.45. The van der Waals surface area contributed by atoms with Crippen molar-refractivity contribution in [2.24, 2.45) is 0 Å². The molecule has 604 valence electrons. The molecule has 0 aliphatic carbocycles. The van der Waals surface area contributed by atoms with Crippen molar-refractivity contribution in [3.63, 3.8) is 0 Å². The first-order chi connectivity index (χ1) is 57.6. The summed E-state index contributed by atoms with van der Waals surface area (Å²) in [5.74, 6) is -3.40. The molecule has 14 aromatic rings. The number of amides is 2. The summed E-state index contributed by atoms with van der Waals surface area (Å²) >= 11 is 0. The second-order valence-electron chi connectivity index (χ2n) is 29.7. The number of aliphatic carboxylic acids is 1. The van der Waals surface area contributed by atoms with Crippen molar-refractivity contribution in [1.82, 2.24) is 9.13 Å². The smallest absolute Gasteiger partial charge is 0.309 e. The van der Waals surface area contributed by atoms with E-state index in [2.05, 4.69) is 10.6 Å². The van der Waals surface area contributed by atoms with E-state index in [0.29, 0.717) is 89.5 Å². The Kier molecular flexibility index (Phi) is 28.7. The van der Waals surface area contributed by atoms with Crippen LogP contribution in [0.4, 0.5) is 20.2 Å². The van der Waals surface area contributed by atoms with Crippen LogP contribution in [-0.4, -0.2) is 75.7 Å². The molecule has 15 nitrogen and oxygen atoms in total. The topological polar surface area (TPSA) is 233 Å². The van der Waals surface area contributed by atoms with E-state index in [-0.39, 0.29) is 68.2 Å². The zero-order valence-electron chi connectivity index (χ0n) is 66.6. The van der Waals surface area contributed by atoms with Crippen molar-refractivity contribution in [2.75, 3.05) is 10.6 Å². The van der Waals surface area contributed by atoms with Gasteiger partial charge in [0, 0.05) is 47.0 Å². The maximum Gasteiger partial charge on any atom is 0.309 e. The highest BCUT2D eigenvalue weighted by molar-refractivity contribution is 6.13. The molecule has 14 rings (SSSR count). The average molecular weight is 1590 g/mol. The molecule has 12 aromatic carbocycles. The number of benzene rings is 12. The van der Waals surface area contributed by atoms with Gasteiger partial charge in [-0.1, -0.05) is 307 Å². The lowest BCUT2D eigenvalue weighted by Crippen LogP contribution is -2.38. The summed E-state index contributed by atoms with van der Waals surface area (Å²) in [4.78, 5) is 53.6. The van der Waals surface area contributed by atoms with E-state index >= 15 is 0 Å². The minimum absolute atomic E-state index is 0.0974. The second-order valence-corrected chi connectivity index (χ2v) is 29.7. The highest BCUT2D eigenvalue weighted by Crippen LogP contribution is 2.48.